The number of carbonyl (C=O) groups excluding carboxylic acids is 1. The van der Waals surface area contributed by atoms with Gasteiger partial charge in [-0.1, -0.05) is 12.1 Å². The summed E-state index contributed by atoms with van der Waals surface area (Å²) in [6.07, 6.45) is -4.64. The molecule has 1 amide bonds. The Kier molecular flexibility index (Phi) is 4.55. The fourth-order valence-corrected chi connectivity index (χ4v) is 1.36. The van der Waals surface area contributed by atoms with Gasteiger partial charge in [-0.05, 0) is 17.7 Å². The van der Waals surface area contributed by atoms with Crippen LogP contribution in [0.1, 0.15) is 11.6 Å². The predicted molar refractivity (Wildman–Crippen MR) is 57.0 cm³/mol. The Morgan fingerprint density at radius 3 is 2.33 bits per heavy atom. The molecule has 0 radical (unpaired) electrons. The van der Waals surface area contributed by atoms with Gasteiger partial charge < -0.3 is 15.2 Å². The van der Waals surface area contributed by atoms with E-state index in [-0.39, 0.29) is 5.56 Å². The Morgan fingerprint density at radius 1 is 1.39 bits per heavy atom. The van der Waals surface area contributed by atoms with Crippen LogP contribution in [0, 0.1) is 0 Å². The molecule has 0 saturated heterocycles. The van der Waals surface area contributed by atoms with E-state index < -0.39 is 24.7 Å². The number of hydrogen-bond donors (Lipinski definition) is 2. The van der Waals surface area contributed by atoms with Crippen molar-refractivity contribution in [2.24, 2.45) is 0 Å². The number of hydrogen-bond acceptors (Lipinski definition) is 3. The van der Waals surface area contributed by atoms with Crippen molar-refractivity contribution in [3.8, 4) is 5.75 Å². The van der Waals surface area contributed by atoms with Crippen LogP contribution in [0.15, 0.2) is 24.3 Å². The first-order valence-corrected chi connectivity index (χ1v) is 4.99. The van der Waals surface area contributed by atoms with Gasteiger partial charge in [0.15, 0.2) is 6.04 Å². The summed E-state index contributed by atoms with van der Waals surface area (Å²) in [5.41, 5.74) is -0.134. The highest BCUT2D eigenvalue weighted by Gasteiger charge is 2.41. The highest BCUT2D eigenvalue weighted by atomic mass is 19.4. The molecule has 0 aliphatic rings. The third-order valence-electron chi connectivity index (χ3n) is 2.23. The second kappa shape index (κ2) is 5.72. The van der Waals surface area contributed by atoms with E-state index >= 15 is 0 Å². The fraction of sp³-hybridized carbons (Fsp3) is 0.364. The van der Waals surface area contributed by atoms with Crippen LogP contribution >= 0.6 is 0 Å². The molecule has 0 heterocycles. The minimum Gasteiger partial charge on any atom is -0.497 e. The van der Waals surface area contributed by atoms with Crippen molar-refractivity contribution >= 4 is 5.91 Å². The van der Waals surface area contributed by atoms with Crippen LogP contribution in [0.5, 0.6) is 5.75 Å². The molecule has 0 aromatic heterocycles. The number of aliphatic hydroxyl groups is 1. The summed E-state index contributed by atoms with van der Waals surface area (Å²) in [5.74, 6) is -0.679. The van der Waals surface area contributed by atoms with Gasteiger partial charge in [0, 0.05) is 0 Å². The number of carbonyl (C=O) groups is 1. The molecule has 2 N–H and O–H groups in total. The van der Waals surface area contributed by atoms with Gasteiger partial charge in [0.1, 0.15) is 12.4 Å². The molecule has 0 unspecified atom stereocenters. The van der Waals surface area contributed by atoms with E-state index in [9.17, 15) is 18.0 Å². The number of ether oxygens (including phenoxy) is 1. The zero-order chi connectivity index (χ0) is 13.8. The Bertz CT molecular complexity index is 403. The summed E-state index contributed by atoms with van der Waals surface area (Å²) in [6, 6.07) is 2.98. The molecule has 0 aliphatic carbocycles. The zero-order valence-corrected chi connectivity index (χ0v) is 9.49. The van der Waals surface area contributed by atoms with Crippen molar-refractivity contribution in [2.45, 2.75) is 12.2 Å². The van der Waals surface area contributed by atoms with Gasteiger partial charge in [-0.25, -0.2) is 0 Å². The monoisotopic (exact) mass is 263 g/mol. The summed E-state index contributed by atoms with van der Waals surface area (Å²) in [4.78, 5) is 10.9. The van der Waals surface area contributed by atoms with Gasteiger partial charge in [-0.15, -0.1) is 0 Å². The van der Waals surface area contributed by atoms with E-state index in [1.54, 1.807) is 5.32 Å². The maximum Gasteiger partial charge on any atom is 0.412 e. The summed E-state index contributed by atoms with van der Waals surface area (Å²) in [6.45, 7) is -0.997. The standard InChI is InChI=1S/C11H12F3NO3/c1-18-8-4-2-7(3-5-8)10(11(12,13)14)15-9(17)6-16/h2-5,10,16H,6H2,1H3,(H,15,17)/t10-/m0/s1. The van der Waals surface area contributed by atoms with Gasteiger partial charge in [0.05, 0.1) is 7.11 Å². The normalized spacial score (nSPS) is 12.9. The average molecular weight is 263 g/mol. The van der Waals surface area contributed by atoms with Crippen molar-refractivity contribution in [3.05, 3.63) is 29.8 Å². The van der Waals surface area contributed by atoms with E-state index in [0.29, 0.717) is 5.75 Å². The molecule has 100 valence electrons. The molecule has 18 heavy (non-hydrogen) atoms. The Hall–Kier alpha value is -1.76. The van der Waals surface area contributed by atoms with Gasteiger partial charge in [-0.3, -0.25) is 4.79 Å². The van der Waals surface area contributed by atoms with Gasteiger partial charge >= 0.3 is 6.18 Å². The van der Waals surface area contributed by atoms with E-state index in [2.05, 4.69) is 0 Å². The maximum atomic E-state index is 12.8. The van der Waals surface area contributed by atoms with Crippen LogP contribution in [0.3, 0.4) is 0 Å². The van der Waals surface area contributed by atoms with Crippen LogP contribution in [-0.4, -0.2) is 30.9 Å². The Morgan fingerprint density at radius 2 is 1.94 bits per heavy atom. The first-order valence-electron chi connectivity index (χ1n) is 4.99. The van der Waals surface area contributed by atoms with E-state index in [0.717, 1.165) is 0 Å². The number of alkyl halides is 3. The van der Waals surface area contributed by atoms with Gasteiger partial charge in [0.25, 0.3) is 0 Å². The number of aliphatic hydroxyl groups excluding tert-OH is 1. The maximum absolute atomic E-state index is 12.8. The molecule has 0 bridgehead atoms. The second-order valence-electron chi connectivity index (χ2n) is 3.47. The van der Waals surface area contributed by atoms with E-state index in [4.69, 9.17) is 9.84 Å². The Balaban J connectivity index is 2.98. The topological polar surface area (TPSA) is 58.6 Å². The van der Waals surface area contributed by atoms with Crippen molar-refractivity contribution in [1.82, 2.24) is 5.32 Å². The molecule has 0 aliphatic heterocycles. The van der Waals surface area contributed by atoms with Crippen LogP contribution in [0.4, 0.5) is 13.2 Å². The quantitative estimate of drug-likeness (QED) is 0.863. The average Bonchev–Trinajstić information content (AvgIpc) is 2.34. The smallest absolute Gasteiger partial charge is 0.412 e. The molecule has 7 heteroatoms. The first-order chi connectivity index (χ1) is 8.38. The molecule has 0 spiro atoms. The van der Waals surface area contributed by atoms with Gasteiger partial charge in [0.2, 0.25) is 5.91 Å². The summed E-state index contributed by atoms with van der Waals surface area (Å²) >= 11 is 0. The van der Waals surface area contributed by atoms with Crippen molar-refractivity contribution < 1.29 is 27.8 Å². The molecule has 1 atom stereocenters. The molecule has 4 nitrogen and oxygen atoms in total. The lowest BCUT2D eigenvalue weighted by atomic mass is 10.1. The number of amides is 1. The minimum absolute atomic E-state index is 0.134. The van der Waals surface area contributed by atoms with Crippen molar-refractivity contribution in [3.63, 3.8) is 0 Å². The van der Waals surface area contributed by atoms with E-state index in [1.807, 2.05) is 0 Å². The third-order valence-corrected chi connectivity index (χ3v) is 2.23. The van der Waals surface area contributed by atoms with Crippen molar-refractivity contribution in [1.29, 1.82) is 0 Å². The number of rotatable bonds is 4. The fourth-order valence-electron chi connectivity index (χ4n) is 1.36. The third kappa shape index (κ3) is 3.63. The van der Waals surface area contributed by atoms with Crippen LogP contribution < -0.4 is 10.1 Å². The number of methoxy groups -OCH3 is 1. The van der Waals surface area contributed by atoms with Crippen molar-refractivity contribution in [2.75, 3.05) is 13.7 Å². The lowest BCUT2D eigenvalue weighted by Crippen LogP contribution is -2.39. The molecule has 0 fully saturated rings. The molecular weight excluding hydrogens is 251 g/mol. The lowest BCUT2D eigenvalue weighted by Gasteiger charge is -2.21. The van der Waals surface area contributed by atoms with Crippen LogP contribution in [0.25, 0.3) is 0 Å². The zero-order valence-electron chi connectivity index (χ0n) is 9.49. The molecule has 1 rings (SSSR count). The lowest BCUT2D eigenvalue weighted by molar-refractivity contribution is -0.164. The molecule has 1 aromatic carbocycles. The summed E-state index contributed by atoms with van der Waals surface area (Å²) < 4.78 is 43.1. The largest absolute Gasteiger partial charge is 0.497 e. The van der Waals surface area contributed by atoms with Crippen LogP contribution in [0.2, 0.25) is 0 Å². The number of halogens is 3. The Labute approximate surface area is 101 Å². The first kappa shape index (κ1) is 14.3. The highest BCUT2D eigenvalue weighted by Crippen LogP contribution is 2.33. The SMILES string of the molecule is COc1ccc([C@H](NC(=O)CO)C(F)(F)F)cc1. The predicted octanol–water partition coefficient (Wildman–Crippen LogP) is 1.41. The summed E-state index contributed by atoms with van der Waals surface area (Å²) in [5, 5.41) is 10.2. The van der Waals surface area contributed by atoms with Gasteiger partial charge in [-0.2, -0.15) is 13.2 Å². The molecule has 0 saturated carbocycles. The summed E-state index contributed by atoms with van der Waals surface area (Å²) in [7, 11) is 1.39. The van der Waals surface area contributed by atoms with Crippen LogP contribution in [-0.2, 0) is 4.79 Å². The molecular formula is C11H12F3NO3. The minimum atomic E-state index is -4.64. The number of benzene rings is 1. The second-order valence-corrected chi connectivity index (χ2v) is 3.47. The highest BCUT2D eigenvalue weighted by molar-refractivity contribution is 5.77. The van der Waals surface area contributed by atoms with E-state index in [1.165, 1.54) is 31.4 Å². The molecule has 1 aromatic rings. The number of nitrogens with one attached hydrogen (secondary N) is 1.